The molecule has 0 aromatic rings. The maximum Gasteiger partial charge on any atom is 0.326 e. The molecule has 6 heteroatoms. The molecule has 1 rings (SSSR count). The fraction of sp³-hybridized carbons (Fsp3) is 0.286. The minimum atomic E-state index is -0.660. The predicted molar refractivity (Wildman–Crippen MR) is 40.8 cm³/mol. The lowest BCUT2D eigenvalue weighted by molar-refractivity contribution is -0.145. The molecule has 2 amide bonds. The van der Waals surface area contributed by atoms with E-state index in [1.807, 2.05) is 0 Å². The highest BCUT2D eigenvalue weighted by molar-refractivity contribution is 6.12. The maximum absolute atomic E-state index is 10.9. The van der Waals surface area contributed by atoms with Crippen molar-refractivity contribution in [1.82, 2.24) is 4.90 Å². The molecular formula is C7H8N2O4. The van der Waals surface area contributed by atoms with Crippen LogP contribution in [0.5, 0.6) is 0 Å². The minimum absolute atomic E-state index is 0.000694. The van der Waals surface area contributed by atoms with Gasteiger partial charge in [0.2, 0.25) is 0 Å². The van der Waals surface area contributed by atoms with Gasteiger partial charge < -0.3 is 4.84 Å². The van der Waals surface area contributed by atoms with Crippen LogP contribution in [0.25, 0.3) is 0 Å². The quantitative estimate of drug-likeness (QED) is 0.435. The molecule has 1 aliphatic heterocycles. The van der Waals surface area contributed by atoms with E-state index in [1.54, 1.807) is 0 Å². The van der Waals surface area contributed by atoms with Crippen LogP contribution in [0.15, 0.2) is 12.2 Å². The van der Waals surface area contributed by atoms with Crippen molar-refractivity contribution in [3.8, 4) is 0 Å². The number of carbonyl (C=O) groups is 3. The zero-order valence-corrected chi connectivity index (χ0v) is 6.73. The van der Waals surface area contributed by atoms with Gasteiger partial charge in [-0.1, -0.05) is 0 Å². The second-order valence-electron chi connectivity index (χ2n) is 2.40. The Morgan fingerprint density at radius 1 is 1.38 bits per heavy atom. The van der Waals surface area contributed by atoms with E-state index in [1.165, 1.54) is 0 Å². The van der Waals surface area contributed by atoms with Crippen LogP contribution in [0.2, 0.25) is 0 Å². The van der Waals surface area contributed by atoms with Gasteiger partial charge in [0.25, 0.3) is 11.8 Å². The van der Waals surface area contributed by atoms with Gasteiger partial charge in [-0.2, -0.15) is 5.90 Å². The molecule has 0 atom stereocenters. The van der Waals surface area contributed by atoms with Gasteiger partial charge in [0.1, 0.15) is 0 Å². The second-order valence-corrected chi connectivity index (χ2v) is 2.40. The van der Waals surface area contributed by atoms with E-state index in [9.17, 15) is 14.4 Å². The summed E-state index contributed by atoms with van der Waals surface area (Å²) in [5.41, 5.74) is 0. The normalized spacial score (nSPS) is 15.3. The molecule has 0 spiro atoms. The van der Waals surface area contributed by atoms with Crippen LogP contribution in [-0.2, 0) is 19.2 Å². The lowest BCUT2D eigenvalue weighted by Gasteiger charge is -2.11. The Labute approximate surface area is 73.9 Å². The molecule has 0 aliphatic carbocycles. The number of carbonyl (C=O) groups excluding carboxylic acids is 3. The number of rotatable bonds is 3. The van der Waals surface area contributed by atoms with Crippen LogP contribution >= 0.6 is 0 Å². The summed E-state index contributed by atoms with van der Waals surface area (Å²) >= 11 is 0. The Kier molecular flexibility index (Phi) is 2.76. The summed E-state index contributed by atoms with van der Waals surface area (Å²) < 4.78 is 0. The van der Waals surface area contributed by atoms with Crippen LogP contribution < -0.4 is 5.90 Å². The summed E-state index contributed by atoms with van der Waals surface area (Å²) in [7, 11) is 0. The molecule has 0 aromatic heterocycles. The van der Waals surface area contributed by atoms with Crippen LogP contribution in [0.4, 0.5) is 0 Å². The Morgan fingerprint density at radius 2 is 1.92 bits per heavy atom. The molecule has 0 radical (unpaired) electrons. The highest BCUT2D eigenvalue weighted by atomic mass is 16.7. The van der Waals surface area contributed by atoms with E-state index >= 15 is 0 Å². The molecule has 0 unspecified atom stereocenters. The zero-order chi connectivity index (χ0) is 9.84. The molecule has 2 N–H and O–H groups in total. The minimum Gasteiger partial charge on any atom is -0.373 e. The first-order chi connectivity index (χ1) is 6.15. The van der Waals surface area contributed by atoms with Gasteiger partial charge in [-0.25, -0.2) is 0 Å². The standard InChI is InChI=1S/C7H8N2O4/c8-13-7(12)3-4-9-5(10)1-2-6(9)11/h1-2H,3-4,8H2. The highest BCUT2D eigenvalue weighted by Crippen LogP contribution is 2.03. The second kappa shape index (κ2) is 3.81. The van der Waals surface area contributed by atoms with Gasteiger partial charge >= 0.3 is 5.97 Å². The topological polar surface area (TPSA) is 89.7 Å². The van der Waals surface area contributed by atoms with Crippen molar-refractivity contribution in [2.24, 2.45) is 5.90 Å². The third-order valence-electron chi connectivity index (χ3n) is 1.57. The Morgan fingerprint density at radius 3 is 2.38 bits per heavy atom. The summed E-state index contributed by atoms with van der Waals surface area (Å²) in [5, 5.41) is 0. The van der Waals surface area contributed by atoms with Gasteiger partial charge in [-0.05, 0) is 0 Å². The van der Waals surface area contributed by atoms with Crippen molar-refractivity contribution in [1.29, 1.82) is 0 Å². The Hall–Kier alpha value is -1.69. The van der Waals surface area contributed by atoms with Crippen molar-refractivity contribution in [2.75, 3.05) is 6.54 Å². The summed E-state index contributed by atoms with van der Waals surface area (Å²) in [6.45, 7) is 0.000694. The first-order valence-corrected chi connectivity index (χ1v) is 3.58. The number of amides is 2. The van der Waals surface area contributed by atoms with E-state index in [2.05, 4.69) is 10.7 Å². The van der Waals surface area contributed by atoms with Crippen molar-refractivity contribution in [3.63, 3.8) is 0 Å². The van der Waals surface area contributed by atoms with E-state index in [4.69, 9.17) is 0 Å². The lowest BCUT2D eigenvalue weighted by Crippen LogP contribution is -2.32. The SMILES string of the molecule is NOC(=O)CCN1C(=O)C=CC1=O. The van der Waals surface area contributed by atoms with E-state index in [0.29, 0.717) is 0 Å². The molecule has 1 aliphatic rings. The van der Waals surface area contributed by atoms with Crippen LogP contribution in [0.1, 0.15) is 6.42 Å². The van der Waals surface area contributed by atoms with Gasteiger partial charge in [0, 0.05) is 18.7 Å². The average Bonchev–Trinajstić information content (AvgIpc) is 2.43. The van der Waals surface area contributed by atoms with E-state index in [0.717, 1.165) is 17.1 Å². The number of hydrogen-bond donors (Lipinski definition) is 1. The molecule has 1 heterocycles. The van der Waals surface area contributed by atoms with E-state index in [-0.39, 0.29) is 13.0 Å². The smallest absolute Gasteiger partial charge is 0.326 e. The first-order valence-electron chi connectivity index (χ1n) is 3.58. The molecule has 6 nitrogen and oxygen atoms in total. The summed E-state index contributed by atoms with van der Waals surface area (Å²) in [6, 6.07) is 0. The summed E-state index contributed by atoms with van der Waals surface area (Å²) in [4.78, 5) is 37.2. The Balaban J connectivity index is 2.42. The van der Waals surface area contributed by atoms with Crippen LogP contribution in [0, 0.1) is 0 Å². The predicted octanol–water partition coefficient (Wildman–Crippen LogP) is -1.28. The first kappa shape index (κ1) is 9.40. The highest BCUT2D eigenvalue weighted by Gasteiger charge is 2.23. The van der Waals surface area contributed by atoms with Gasteiger partial charge in [0.05, 0.1) is 6.42 Å². The molecule has 0 bridgehead atoms. The van der Waals surface area contributed by atoms with Gasteiger partial charge in [-0.3, -0.25) is 19.3 Å². The molecule has 70 valence electrons. The van der Waals surface area contributed by atoms with Crippen molar-refractivity contribution < 1.29 is 19.2 Å². The third-order valence-corrected chi connectivity index (χ3v) is 1.57. The number of hydrogen-bond acceptors (Lipinski definition) is 5. The van der Waals surface area contributed by atoms with E-state index < -0.39 is 17.8 Å². The van der Waals surface area contributed by atoms with Crippen molar-refractivity contribution in [2.45, 2.75) is 6.42 Å². The molecular weight excluding hydrogens is 176 g/mol. The summed E-state index contributed by atoms with van der Waals surface area (Å²) in [6.07, 6.45) is 2.21. The number of imide groups is 1. The largest absolute Gasteiger partial charge is 0.373 e. The van der Waals surface area contributed by atoms with Crippen molar-refractivity contribution in [3.05, 3.63) is 12.2 Å². The molecule has 0 saturated carbocycles. The third kappa shape index (κ3) is 2.12. The van der Waals surface area contributed by atoms with Crippen LogP contribution in [-0.4, -0.2) is 29.2 Å². The molecule has 0 aromatic carbocycles. The molecule has 0 fully saturated rings. The lowest BCUT2D eigenvalue weighted by atomic mass is 10.4. The Bertz CT molecular complexity index is 266. The number of nitrogens with two attached hydrogens (primary N) is 1. The number of nitrogens with zero attached hydrogens (tertiary/aromatic N) is 1. The monoisotopic (exact) mass is 184 g/mol. The van der Waals surface area contributed by atoms with Crippen LogP contribution in [0.3, 0.4) is 0 Å². The van der Waals surface area contributed by atoms with Gasteiger partial charge in [0.15, 0.2) is 0 Å². The maximum atomic E-state index is 10.9. The molecule has 0 saturated heterocycles. The fourth-order valence-electron chi connectivity index (χ4n) is 0.914. The molecule has 13 heavy (non-hydrogen) atoms. The fourth-order valence-corrected chi connectivity index (χ4v) is 0.914. The van der Waals surface area contributed by atoms with Crippen molar-refractivity contribution >= 4 is 17.8 Å². The van der Waals surface area contributed by atoms with Gasteiger partial charge in [-0.15, -0.1) is 0 Å². The summed E-state index contributed by atoms with van der Waals surface area (Å²) in [5.74, 6) is 3.07. The average molecular weight is 184 g/mol. The zero-order valence-electron chi connectivity index (χ0n) is 6.73.